The van der Waals surface area contributed by atoms with Gasteiger partial charge in [0.2, 0.25) is 0 Å². The maximum Gasteiger partial charge on any atom is 0.295 e. The topological polar surface area (TPSA) is 106 Å². The van der Waals surface area contributed by atoms with Gasteiger partial charge < -0.3 is 29.3 Å². The second-order valence-corrected chi connectivity index (χ2v) is 8.10. The largest absolute Gasteiger partial charge is 0.507 e. The normalized spacial score (nSPS) is 17.3. The number of rotatable bonds is 10. The average molecular weight is 470 g/mol. The van der Waals surface area contributed by atoms with Gasteiger partial charge in [-0.05, 0) is 54.8 Å². The van der Waals surface area contributed by atoms with E-state index in [9.17, 15) is 19.8 Å². The van der Waals surface area contributed by atoms with E-state index < -0.39 is 17.7 Å². The van der Waals surface area contributed by atoms with Gasteiger partial charge in [0.25, 0.3) is 11.7 Å². The third kappa shape index (κ3) is 5.02. The van der Waals surface area contributed by atoms with Gasteiger partial charge in [0.1, 0.15) is 11.5 Å². The number of aliphatic hydroxyl groups is 1. The molecule has 0 saturated carbocycles. The molecule has 1 fully saturated rings. The highest BCUT2D eigenvalue weighted by Gasteiger charge is 2.46. The summed E-state index contributed by atoms with van der Waals surface area (Å²) in [7, 11) is 2.91. The van der Waals surface area contributed by atoms with Gasteiger partial charge in [0, 0.05) is 19.2 Å². The Morgan fingerprint density at radius 1 is 1.06 bits per heavy atom. The molecule has 0 bridgehead atoms. The van der Waals surface area contributed by atoms with Crippen molar-refractivity contribution in [1.82, 2.24) is 4.90 Å². The first kappa shape index (κ1) is 25.1. The Bertz CT molecular complexity index is 1090. The van der Waals surface area contributed by atoms with Crippen molar-refractivity contribution in [2.45, 2.75) is 32.7 Å². The fourth-order valence-electron chi connectivity index (χ4n) is 3.95. The molecule has 8 nitrogen and oxygen atoms in total. The minimum Gasteiger partial charge on any atom is -0.507 e. The number of carbonyl (C=O) groups excluding carboxylic acids is 2. The lowest BCUT2D eigenvalue weighted by molar-refractivity contribution is -0.140. The summed E-state index contributed by atoms with van der Waals surface area (Å²) in [5.41, 5.74) is 1.69. The molecule has 1 heterocycles. The number of methoxy groups -OCH3 is 2. The van der Waals surface area contributed by atoms with E-state index in [1.807, 2.05) is 6.92 Å². The summed E-state index contributed by atoms with van der Waals surface area (Å²) >= 11 is 0. The summed E-state index contributed by atoms with van der Waals surface area (Å²) in [6.07, 6.45) is 1.95. The first-order chi connectivity index (χ1) is 16.3. The molecule has 0 aromatic heterocycles. The highest BCUT2D eigenvalue weighted by atomic mass is 16.5. The molecular formula is C26H31NO7. The molecule has 8 heteroatoms. The van der Waals surface area contributed by atoms with E-state index in [-0.39, 0.29) is 36.0 Å². The number of hydrogen-bond donors (Lipinski definition) is 2. The van der Waals surface area contributed by atoms with Crippen LogP contribution in [0.1, 0.15) is 42.5 Å². The number of ketones is 1. The number of phenols is 1. The molecule has 1 atom stereocenters. The molecule has 1 aliphatic heterocycles. The average Bonchev–Trinajstić information content (AvgIpc) is 3.08. The maximum atomic E-state index is 13.1. The third-order valence-corrected chi connectivity index (χ3v) is 5.80. The summed E-state index contributed by atoms with van der Waals surface area (Å²) in [4.78, 5) is 27.3. The van der Waals surface area contributed by atoms with Crippen molar-refractivity contribution in [2.75, 3.05) is 34.0 Å². The Morgan fingerprint density at radius 2 is 1.82 bits per heavy atom. The number of amides is 1. The number of aliphatic hydroxyl groups excluding tert-OH is 1. The molecule has 2 N–H and O–H groups in total. The number of likely N-dealkylation sites (tertiary alicyclic amines) is 1. The number of ether oxygens (including phenoxy) is 3. The summed E-state index contributed by atoms with van der Waals surface area (Å²) < 4.78 is 16.1. The van der Waals surface area contributed by atoms with E-state index in [1.165, 1.54) is 25.2 Å². The lowest BCUT2D eigenvalue weighted by Gasteiger charge is -2.25. The zero-order valence-corrected chi connectivity index (χ0v) is 20.0. The van der Waals surface area contributed by atoms with E-state index in [4.69, 9.17) is 14.2 Å². The number of nitrogens with zero attached hydrogens (tertiary/aromatic N) is 1. The van der Waals surface area contributed by atoms with Crippen LogP contribution in [0.5, 0.6) is 17.2 Å². The second-order valence-electron chi connectivity index (χ2n) is 8.10. The van der Waals surface area contributed by atoms with Crippen LogP contribution in [-0.2, 0) is 14.3 Å². The number of hydrogen-bond acceptors (Lipinski definition) is 7. The molecule has 1 amide bonds. The molecule has 2 aromatic rings. The van der Waals surface area contributed by atoms with E-state index in [2.05, 4.69) is 6.92 Å². The zero-order chi connectivity index (χ0) is 24.8. The molecule has 0 unspecified atom stereocenters. The van der Waals surface area contributed by atoms with Crippen LogP contribution in [-0.4, -0.2) is 60.8 Å². The minimum absolute atomic E-state index is 0.0344. The fourth-order valence-corrected chi connectivity index (χ4v) is 3.95. The van der Waals surface area contributed by atoms with Gasteiger partial charge in [0.15, 0.2) is 11.5 Å². The van der Waals surface area contributed by atoms with E-state index >= 15 is 0 Å². The predicted octanol–water partition coefficient (Wildman–Crippen LogP) is 3.96. The number of phenolic OH excluding ortho intramolecular Hbond substituents is 1. The van der Waals surface area contributed by atoms with Crippen molar-refractivity contribution < 1.29 is 34.0 Å². The number of aryl methyl sites for hydroxylation is 1. The molecule has 3 rings (SSSR count). The Hall–Kier alpha value is -3.52. The molecule has 182 valence electrons. The van der Waals surface area contributed by atoms with Crippen molar-refractivity contribution in [3.05, 3.63) is 58.7 Å². The molecule has 0 spiro atoms. The van der Waals surface area contributed by atoms with E-state index in [1.54, 1.807) is 30.3 Å². The van der Waals surface area contributed by atoms with Crippen molar-refractivity contribution >= 4 is 17.4 Å². The zero-order valence-electron chi connectivity index (χ0n) is 20.0. The molecular weight excluding hydrogens is 438 g/mol. The molecule has 1 aliphatic rings. The lowest BCUT2D eigenvalue weighted by atomic mass is 9.94. The SMILES string of the molecule is CCCCOc1ccc(/C(O)=C2\C(=O)C(=O)N(CCOC)[C@H]2c2ccc(O)c(OC)c2)cc1C. The summed E-state index contributed by atoms with van der Waals surface area (Å²) in [6, 6.07) is 8.85. The number of unbranched alkanes of at least 4 members (excludes halogenated alkanes) is 1. The molecule has 2 aromatic carbocycles. The first-order valence-corrected chi connectivity index (χ1v) is 11.2. The van der Waals surface area contributed by atoms with Gasteiger partial charge in [-0.1, -0.05) is 19.4 Å². The summed E-state index contributed by atoms with van der Waals surface area (Å²) in [6.45, 7) is 4.89. The summed E-state index contributed by atoms with van der Waals surface area (Å²) in [5.74, 6) is -0.976. The van der Waals surface area contributed by atoms with Crippen molar-refractivity contribution in [1.29, 1.82) is 0 Å². The van der Waals surface area contributed by atoms with Crippen molar-refractivity contribution in [3.63, 3.8) is 0 Å². The Morgan fingerprint density at radius 3 is 2.47 bits per heavy atom. The number of carbonyl (C=O) groups is 2. The third-order valence-electron chi connectivity index (χ3n) is 5.80. The molecule has 0 aliphatic carbocycles. The Labute approximate surface area is 199 Å². The van der Waals surface area contributed by atoms with Crippen LogP contribution in [0.3, 0.4) is 0 Å². The maximum absolute atomic E-state index is 13.1. The van der Waals surface area contributed by atoms with Crippen LogP contribution in [0.25, 0.3) is 5.76 Å². The van der Waals surface area contributed by atoms with Crippen LogP contribution in [0, 0.1) is 6.92 Å². The van der Waals surface area contributed by atoms with Gasteiger partial charge in [-0.25, -0.2) is 0 Å². The highest BCUT2D eigenvalue weighted by Crippen LogP contribution is 2.42. The number of Topliss-reactive ketones (excluding diaryl/α,β-unsaturated/α-hetero) is 1. The lowest BCUT2D eigenvalue weighted by Crippen LogP contribution is -2.32. The second kappa shape index (κ2) is 11.1. The minimum atomic E-state index is -0.870. The van der Waals surface area contributed by atoms with Gasteiger partial charge in [-0.2, -0.15) is 0 Å². The summed E-state index contributed by atoms with van der Waals surface area (Å²) in [5, 5.41) is 21.2. The highest BCUT2D eigenvalue weighted by molar-refractivity contribution is 6.46. The van der Waals surface area contributed by atoms with E-state index in [0.29, 0.717) is 23.5 Å². The van der Waals surface area contributed by atoms with Crippen molar-refractivity contribution in [2.24, 2.45) is 0 Å². The van der Waals surface area contributed by atoms with Gasteiger partial charge in [0.05, 0.1) is 31.9 Å². The smallest absolute Gasteiger partial charge is 0.295 e. The van der Waals surface area contributed by atoms with Gasteiger partial charge >= 0.3 is 0 Å². The van der Waals surface area contributed by atoms with Crippen LogP contribution < -0.4 is 9.47 Å². The van der Waals surface area contributed by atoms with Gasteiger partial charge in [-0.15, -0.1) is 0 Å². The molecule has 34 heavy (non-hydrogen) atoms. The monoisotopic (exact) mass is 469 g/mol. The van der Waals surface area contributed by atoms with Crippen LogP contribution >= 0.6 is 0 Å². The quantitative estimate of drug-likeness (QED) is 0.235. The first-order valence-electron chi connectivity index (χ1n) is 11.2. The van der Waals surface area contributed by atoms with Crippen molar-refractivity contribution in [3.8, 4) is 17.2 Å². The van der Waals surface area contributed by atoms with Crippen LogP contribution in [0.2, 0.25) is 0 Å². The molecule has 1 saturated heterocycles. The Kier molecular flexibility index (Phi) is 8.17. The molecule has 0 radical (unpaired) electrons. The van der Waals surface area contributed by atoms with Crippen LogP contribution in [0.15, 0.2) is 42.0 Å². The van der Waals surface area contributed by atoms with Gasteiger partial charge in [-0.3, -0.25) is 9.59 Å². The fraction of sp³-hybridized carbons (Fsp3) is 0.385. The predicted molar refractivity (Wildman–Crippen MR) is 127 cm³/mol. The number of benzene rings is 2. The van der Waals surface area contributed by atoms with Crippen LogP contribution in [0.4, 0.5) is 0 Å². The van der Waals surface area contributed by atoms with E-state index in [0.717, 1.165) is 18.4 Å². The standard InChI is InChI=1S/C26H31NO7/c1-5-6-12-34-20-10-8-18(14-16(20)2)24(29)22-23(17-7-9-19(28)21(15-17)33-4)27(11-13-32-3)26(31)25(22)30/h7-10,14-15,23,28-29H,5-6,11-13H2,1-4H3/b24-22+/t23-/m0/s1. The Balaban J connectivity index is 2.09. The number of aromatic hydroxyl groups is 1.